The fourth-order valence-electron chi connectivity index (χ4n) is 1.88. The molecule has 1 aliphatic heterocycles. The molecule has 1 aromatic carbocycles. The monoisotopic (exact) mass is 300 g/mol. The largest absolute Gasteiger partial charge is 0.374 e. The van der Waals surface area contributed by atoms with Gasteiger partial charge >= 0.3 is 0 Å². The van der Waals surface area contributed by atoms with Crippen LogP contribution in [-0.2, 0) is 0 Å². The Labute approximate surface area is 110 Å². The Hall–Kier alpha value is -0.670. The fraction of sp³-hybridized carbons (Fsp3) is 0.333. The Kier molecular flexibility index (Phi) is 3.77. The van der Waals surface area contributed by atoms with Crippen LogP contribution in [0.2, 0.25) is 5.02 Å². The van der Waals surface area contributed by atoms with E-state index >= 15 is 0 Å². The SMILES string of the molecule is C=CN1CCN(c2cc(Cl)cc(Br)c2)CC1. The average molecular weight is 302 g/mol. The fourth-order valence-corrected chi connectivity index (χ4v) is 2.73. The summed E-state index contributed by atoms with van der Waals surface area (Å²) >= 11 is 9.51. The van der Waals surface area contributed by atoms with Gasteiger partial charge < -0.3 is 9.80 Å². The second-order valence-electron chi connectivity index (χ2n) is 3.83. The lowest BCUT2D eigenvalue weighted by Gasteiger charge is -2.35. The van der Waals surface area contributed by atoms with Crippen LogP contribution >= 0.6 is 27.5 Å². The number of hydrogen-bond donors (Lipinski definition) is 0. The molecule has 1 heterocycles. The lowest BCUT2D eigenvalue weighted by molar-refractivity contribution is 0.350. The van der Waals surface area contributed by atoms with Crippen molar-refractivity contribution in [1.29, 1.82) is 0 Å². The van der Waals surface area contributed by atoms with Crippen molar-refractivity contribution in [1.82, 2.24) is 4.90 Å². The van der Waals surface area contributed by atoms with Crippen molar-refractivity contribution in [3.8, 4) is 0 Å². The number of rotatable bonds is 2. The van der Waals surface area contributed by atoms with Crippen molar-refractivity contribution >= 4 is 33.2 Å². The highest BCUT2D eigenvalue weighted by atomic mass is 79.9. The molecule has 2 rings (SSSR count). The highest BCUT2D eigenvalue weighted by Gasteiger charge is 2.15. The first-order chi connectivity index (χ1) is 7.69. The zero-order chi connectivity index (χ0) is 11.5. The molecule has 1 saturated heterocycles. The third kappa shape index (κ3) is 2.71. The van der Waals surface area contributed by atoms with Gasteiger partial charge in [-0.3, -0.25) is 0 Å². The van der Waals surface area contributed by atoms with E-state index in [1.54, 1.807) is 0 Å². The van der Waals surface area contributed by atoms with E-state index < -0.39 is 0 Å². The van der Waals surface area contributed by atoms with Gasteiger partial charge in [0, 0.05) is 41.4 Å². The van der Waals surface area contributed by atoms with Crippen molar-refractivity contribution in [3.05, 3.63) is 40.5 Å². The summed E-state index contributed by atoms with van der Waals surface area (Å²) < 4.78 is 1.03. The van der Waals surface area contributed by atoms with Gasteiger partial charge in [0.15, 0.2) is 0 Å². The molecule has 0 bridgehead atoms. The quantitative estimate of drug-likeness (QED) is 0.826. The molecular weight excluding hydrogens is 288 g/mol. The summed E-state index contributed by atoms with van der Waals surface area (Å²) in [7, 11) is 0. The molecule has 0 atom stereocenters. The predicted molar refractivity (Wildman–Crippen MR) is 73.1 cm³/mol. The first-order valence-electron chi connectivity index (χ1n) is 5.26. The van der Waals surface area contributed by atoms with Gasteiger partial charge in [-0.15, -0.1) is 0 Å². The average Bonchev–Trinajstić information content (AvgIpc) is 2.28. The summed E-state index contributed by atoms with van der Waals surface area (Å²) in [4.78, 5) is 4.58. The molecule has 1 aliphatic rings. The Balaban J connectivity index is 2.10. The van der Waals surface area contributed by atoms with Gasteiger partial charge in [0.1, 0.15) is 0 Å². The standard InChI is InChI=1S/C12H14BrClN2/c1-2-15-3-5-16(6-4-15)12-8-10(13)7-11(14)9-12/h2,7-9H,1,3-6H2. The number of nitrogens with zero attached hydrogens (tertiary/aromatic N) is 2. The van der Waals surface area contributed by atoms with Crippen LogP contribution in [0.5, 0.6) is 0 Å². The van der Waals surface area contributed by atoms with Crippen LogP contribution in [0.25, 0.3) is 0 Å². The lowest BCUT2D eigenvalue weighted by Crippen LogP contribution is -2.43. The lowest BCUT2D eigenvalue weighted by atomic mass is 10.2. The molecular formula is C12H14BrClN2. The van der Waals surface area contributed by atoms with Gasteiger partial charge in [-0.25, -0.2) is 0 Å². The summed E-state index contributed by atoms with van der Waals surface area (Å²) in [6.45, 7) is 7.86. The Morgan fingerprint density at radius 3 is 2.44 bits per heavy atom. The molecule has 0 amide bonds. The normalized spacial score (nSPS) is 16.4. The molecule has 0 spiro atoms. The van der Waals surface area contributed by atoms with Crippen LogP contribution < -0.4 is 4.90 Å². The van der Waals surface area contributed by atoms with E-state index in [9.17, 15) is 0 Å². The molecule has 1 fully saturated rings. The van der Waals surface area contributed by atoms with E-state index in [0.717, 1.165) is 35.7 Å². The van der Waals surface area contributed by atoms with Crippen molar-refractivity contribution < 1.29 is 0 Å². The summed E-state index contributed by atoms with van der Waals surface area (Å²) in [5.41, 5.74) is 1.18. The molecule has 86 valence electrons. The first kappa shape index (κ1) is 11.8. The van der Waals surface area contributed by atoms with E-state index in [1.165, 1.54) is 5.69 Å². The summed E-state index contributed by atoms with van der Waals surface area (Å²) in [5.74, 6) is 0. The van der Waals surface area contributed by atoms with E-state index in [1.807, 2.05) is 18.3 Å². The van der Waals surface area contributed by atoms with Crippen molar-refractivity contribution in [2.75, 3.05) is 31.1 Å². The number of piperazine rings is 1. The van der Waals surface area contributed by atoms with Gasteiger partial charge in [-0.05, 0) is 24.4 Å². The van der Waals surface area contributed by atoms with Gasteiger partial charge in [0.2, 0.25) is 0 Å². The van der Waals surface area contributed by atoms with Crippen molar-refractivity contribution in [2.24, 2.45) is 0 Å². The molecule has 0 aliphatic carbocycles. The minimum Gasteiger partial charge on any atom is -0.374 e. The molecule has 0 aromatic heterocycles. The van der Waals surface area contributed by atoms with Crippen LogP contribution in [0.1, 0.15) is 0 Å². The van der Waals surface area contributed by atoms with Gasteiger partial charge in [0.25, 0.3) is 0 Å². The van der Waals surface area contributed by atoms with E-state index in [4.69, 9.17) is 11.6 Å². The van der Waals surface area contributed by atoms with E-state index in [-0.39, 0.29) is 0 Å². The second kappa shape index (κ2) is 5.11. The maximum absolute atomic E-state index is 6.04. The molecule has 1 aromatic rings. The number of hydrogen-bond acceptors (Lipinski definition) is 2. The highest BCUT2D eigenvalue weighted by molar-refractivity contribution is 9.10. The van der Waals surface area contributed by atoms with Crippen LogP contribution in [0.15, 0.2) is 35.5 Å². The molecule has 4 heteroatoms. The zero-order valence-electron chi connectivity index (χ0n) is 9.00. The maximum Gasteiger partial charge on any atom is 0.0437 e. The summed E-state index contributed by atoms with van der Waals surface area (Å²) in [5, 5.41) is 0.774. The van der Waals surface area contributed by atoms with Gasteiger partial charge in [-0.2, -0.15) is 0 Å². The molecule has 2 nitrogen and oxygen atoms in total. The summed E-state index contributed by atoms with van der Waals surface area (Å²) in [6, 6.07) is 6.02. The Morgan fingerprint density at radius 2 is 1.88 bits per heavy atom. The van der Waals surface area contributed by atoms with Crippen molar-refractivity contribution in [3.63, 3.8) is 0 Å². The van der Waals surface area contributed by atoms with Gasteiger partial charge in [-0.1, -0.05) is 34.1 Å². The molecule has 0 unspecified atom stereocenters. The third-order valence-electron chi connectivity index (χ3n) is 2.78. The molecule has 0 N–H and O–H groups in total. The van der Waals surface area contributed by atoms with Gasteiger partial charge in [0.05, 0.1) is 0 Å². The zero-order valence-corrected chi connectivity index (χ0v) is 11.3. The smallest absolute Gasteiger partial charge is 0.0437 e. The maximum atomic E-state index is 6.04. The first-order valence-corrected chi connectivity index (χ1v) is 6.44. The number of halogens is 2. The van der Waals surface area contributed by atoms with Crippen LogP contribution in [-0.4, -0.2) is 31.1 Å². The van der Waals surface area contributed by atoms with Crippen LogP contribution in [0.4, 0.5) is 5.69 Å². The van der Waals surface area contributed by atoms with E-state index in [0.29, 0.717) is 0 Å². The number of benzene rings is 1. The Morgan fingerprint density at radius 1 is 1.19 bits per heavy atom. The number of anilines is 1. The topological polar surface area (TPSA) is 6.48 Å². The van der Waals surface area contributed by atoms with E-state index in [2.05, 4.69) is 38.4 Å². The minimum absolute atomic E-state index is 0.774. The molecule has 0 saturated carbocycles. The summed E-state index contributed by atoms with van der Waals surface area (Å²) in [6.07, 6.45) is 1.91. The molecule has 16 heavy (non-hydrogen) atoms. The second-order valence-corrected chi connectivity index (χ2v) is 5.19. The third-order valence-corrected chi connectivity index (χ3v) is 3.46. The Bertz CT molecular complexity index is 366. The molecule has 0 radical (unpaired) electrons. The highest BCUT2D eigenvalue weighted by Crippen LogP contribution is 2.26. The minimum atomic E-state index is 0.774. The predicted octanol–water partition coefficient (Wildman–Crippen LogP) is 3.37. The van der Waals surface area contributed by atoms with Crippen LogP contribution in [0, 0.1) is 0 Å². The van der Waals surface area contributed by atoms with Crippen molar-refractivity contribution in [2.45, 2.75) is 0 Å². The van der Waals surface area contributed by atoms with Crippen LogP contribution in [0.3, 0.4) is 0 Å².